The molecule has 0 saturated carbocycles. The SMILES string of the molecule is Cc1ccc(Nc2cncc(C(=O)NCCc3ccccc3F)c2)c(C)c1. The van der Waals surface area contributed by atoms with Crippen LogP contribution in [0.5, 0.6) is 0 Å². The van der Waals surface area contributed by atoms with Gasteiger partial charge in [0, 0.05) is 18.4 Å². The first-order chi connectivity index (χ1) is 13.0. The van der Waals surface area contributed by atoms with E-state index in [4.69, 9.17) is 0 Å². The summed E-state index contributed by atoms with van der Waals surface area (Å²) in [5.74, 6) is -0.490. The number of pyridine rings is 1. The molecule has 5 heteroatoms. The van der Waals surface area contributed by atoms with E-state index in [1.54, 1.807) is 30.5 Å². The highest BCUT2D eigenvalue weighted by Crippen LogP contribution is 2.21. The zero-order valence-electron chi connectivity index (χ0n) is 15.4. The molecule has 2 N–H and O–H groups in total. The lowest BCUT2D eigenvalue weighted by molar-refractivity contribution is 0.0953. The van der Waals surface area contributed by atoms with Crippen LogP contribution in [0, 0.1) is 19.7 Å². The molecule has 0 fully saturated rings. The first-order valence-electron chi connectivity index (χ1n) is 8.84. The van der Waals surface area contributed by atoms with Gasteiger partial charge in [-0.2, -0.15) is 0 Å². The second kappa shape index (κ2) is 8.45. The maximum atomic E-state index is 13.6. The monoisotopic (exact) mass is 363 g/mol. The number of nitrogens with zero attached hydrogens (tertiary/aromatic N) is 1. The van der Waals surface area contributed by atoms with Crippen molar-refractivity contribution in [2.24, 2.45) is 0 Å². The summed E-state index contributed by atoms with van der Waals surface area (Å²) < 4.78 is 13.6. The van der Waals surface area contributed by atoms with E-state index in [9.17, 15) is 9.18 Å². The number of benzene rings is 2. The number of hydrogen-bond donors (Lipinski definition) is 2. The third-order valence-corrected chi connectivity index (χ3v) is 4.30. The first kappa shape index (κ1) is 18.6. The van der Waals surface area contributed by atoms with Gasteiger partial charge in [-0.25, -0.2) is 4.39 Å². The van der Waals surface area contributed by atoms with Gasteiger partial charge in [0.05, 0.1) is 17.4 Å². The molecule has 3 aromatic rings. The molecule has 0 radical (unpaired) electrons. The predicted molar refractivity (Wildman–Crippen MR) is 106 cm³/mol. The minimum atomic E-state index is -0.256. The lowest BCUT2D eigenvalue weighted by Crippen LogP contribution is -2.26. The Bertz CT molecular complexity index is 956. The molecule has 0 spiro atoms. The fourth-order valence-corrected chi connectivity index (χ4v) is 2.86. The number of carbonyl (C=O) groups excluding carboxylic acids is 1. The third-order valence-electron chi connectivity index (χ3n) is 4.30. The van der Waals surface area contributed by atoms with Crippen molar-refractivity contribution in [3.63, 3.8) is 0 Å². The van der Waals surface area contributed by atoms with Gasteiger partial charge in [-0.1, -0.05) is 35.9 Å². The Morgan fingerprint density at radius 3 is 2.67 bits per heavy atom. The Balaban J connectivity index is 1.62. The van der Waals surface area contributed by atoms with E-state index in [1.807, 2.05) is 26.0 Å². The van der Waals surface area contributed by atoms with E-state index in [1.165, 1.54) is 17.8 Å². The molecule has 27 heavy (non-hydrogen) atoms. The number of amides is 1. The van der Waals surface area contributed by atoms with Gasteiger partial charge in [0.15, 0.2) is 0 Å². The number of carbonyl (C=O) groups is 1. The van der Waals surface area contributed by atoms with E-state index >= 15 is 0 Å². The molecule has 1 amide bonds. The maximum Gasteiger partial charge on any atom is 0.252 e. The van der Waals surface area contributed by atoms with Crippen molar-refractivity contribution in [1.82, 2.24) is 10.3 Å². The Morgan fingerprint density at radius 2 is 1.89 bits per heavy atom. The summed E-state index contributed by atoms with van der Waals surface area (Å²) in [4.78, 5) is 16.5. The summed E-state index contributed by atoms with van der Waals surface area (Å²) in [6.07, 6.45) is 3.63. The van der Waals surface area contributed by atoms with E-state index in [0.717, 1.165) is 16.9 Å². The van der Waals surface area contributed by atoms with Crippen LogP contribution in [0.15, 0.2) is 60.9 Å². The van der Waals surface area contributed by atoms with Crippen LogP contribution in [0.2, 0.25) is 0 Å². The Kier molecular flexibility index (Phi) is 5.81. The Labute approximate surface area is 158 Å². The lowest BCUT2D eigenvalue weighted by Gasteiger charge is -2.11. The van der Waals surface area contributed by atoms with Crippen LogP contribution in [0.25, 0.3) is 0 Å². The summed E-state index contributed by atoms with van der Waals surface area (Å²) in [6, 6.07) is 14.5. The van der Waals surface area contributed by atoms with Crippen molar-refractivity contribution < 1.29 is 9.18 Å². The van der Waals surface area contributed by atoms with Gasteiger partial charge >= 0.3 is 0 Å². The van der Waals surface area contributed by atoms with E-state index in [-0.39, 0.29) is 11.7 Å². The summed E-state index contributed by atoms with van der Waals surface area (Å²) in [6.45, 7) is 4.43. The smallest absolute Gasteiger partial charge is 0.252 e. The average Bonchev–Trinajstić information content (AvgIpc) is 2.66. The maximum absolute atomic E-state index is 13.6. The third kappa shape index (κ3) is 4.91. The van der Waals surface area contributed by atoms with Crippen LogP contribution < -0.4 is 10.6 Å². The van der Waals surface area contributed by atoms with Crippen molar-refractivity contribution in [3.05, 3.63) is 89.0 Å². The molecular formula is C22H22FN3O. The zero-order valence-corrected chi connectivity index (χ0v) is 15.4. The number of nitrogens with one attached hydrogen (secondary N) is 2. The van der Waals surface area contributed by atoms with Crippen molar-refractivity contribution in [3.8, 4) is 0 Å². The quantitative estimate of drug-likeness (QED) is 0.675. The van der Waals surface area contributed by atoms with Crippen molar-refractivity contribution in [2.45, 2.75) is 20.3 Å². The molecule has 0 unspecified atom stereocenters. The van der Waals surface area contributed by atoms with Crippen molar-refractivity contribution in [2.75, 3.05) is 11.9 Å². The molecule has 0 aliphatic heterocycles. The predicted octanol–water partition coefficient (Wildman–Crippen LogP) is 4.55. The summed E-state index contributed by atoms with van der Waals surface area (Å²) in [5, 5.41) is 6.10. The van der Waals surface area contributed by atoms with Crippen LogP contribution in [0.1, 0.15) is 27.0 Å². The minimum Gasteiger partial charge on any atom is -0.354 e. The standard InChI is InChI=1S/C22H22FN3O/c1-15-7-8-21(16(2)11-15)26-19-12-18(13-24-14-19)22(27)25-10-9-17-5-3-4-6-20(17)23/h3-8,11-14,26H,9-10H2,1-2H3,(H,25,27). The van der Waals surface area contributed by atoms with Crippen molar-refractivity contribution in [1.29, 1.82) is 0 Å². The zero-order chi connectivity index (χ0) is 19.2. The molecule has 2 aromatic carbocycles. The number of rotatable bonds is 6. The molecule has 0 aliphatic carbocycles. The van der Waals surface area contributed by atoms with Gasteiger partial charge in [0.2, 0.25) is 0 Å². The second-order valence-electron chi connectivity index (χ2n) is 6.50. The largest absolute Gasteiger partial charge is 0.354 e. The Hall–Kier alpha value is -3.21. The number of aromatic nitrogens is 1. The van der Waals surface area contributed by atoms with Crippen LogP contribution in [-0.4, -0.2) is 17.4 Å². The fraction of sp³-hybridized carbons (Fsp3) is 0.182. The number of halogens is 1. The summed E-state index contributed by atoms with van der Waals surface area (Å²) in [5.41, 5.74) is 5.07. The number of anilines is 2. The highest BCUT2D eigenvalue weighted by molar-refractivity contribution is 5.94. The molecule has 0 bridgehead atoms. The van der Waals surface area contributed by atoms with E-state index in [0.29, 0.717) is 24.1 Å². The van der Waals surface area contributed by atoms with Gasteiger partial charge < -0.3 is 10.6 Å². The summed E-state index contributed by atoms with van der Waals surface area (Å²) >= 11 is 0. The molecule has 3 rings (SSSR count). The van der Waals surface area contributed by atoms with Gasteiger partial charge in [0.1, 0.15) is 5.82 Å². The topological polar surface area (TPSA) is 54.0 Å². The van der Waals surface area contributed by atoms with Gasteiger partial charge in [-0.05, 0) is 49.6 Å². The van der Waals surface area contributed by atoms with Crippen molar-refractivity contribution >= 4 is 17.3 Å². The van der Waals surface area contributed by atoms with Gasteiger partial charge in [0.25, 0.3) is 5.91 Å². The molecule has 0 atom stereocenters. The molecule has 0 aliphatic rings. The molecular weight excluding hydrogens is 341 g/mol. The van der Waals surface area contributed by atoms with Gasteiger partial charge in [-0.15, -0.1) is 0 Å². The normalized spacial score (nSPS) is 10.5. The summed E-state index contributed by atoms with van der Waals surface area (Å²) in [7, 11) is 0. The van der Waals surface area contributed by atoms with Crippen LogP contribution in [-0.2, 0) is 6.42 Å². The van der Waals surface area contributed by atoms with Gasteiger partial charge in [-0.3, -0.25) is 9.78 Å². The number of aryl methyl sites for hydroxylation is 2. The molecule has 1 heterocycles. The first-order valence-corrected chi connectivity index (χ1v) is 8.84. The molecule has 1 aromatic heterocycles. The fourth-order valence-electron chi connectivity index (χ4n) is 2.86. The highest BCUT2D eigenvalue weighted by Gasteiger charge is 2.08. The average molecular weight is 363 g/mol. The van der Waals surface area contributed by atoms with Crippen LogP contribution in [0.4, 0.5) is 15.8 Å². The highest BCUT2D eigenvalue weighted by atomic mass is 19.1. The second-order valence-corrected chi connectivity index (χ2v) is 6.50. The molecule has 138 valence electrons. The lowest BCUT2D eigenvalue weighted by atomic mass is 10.1. The van der Waals surface area contributed by atoms with Crippen LogP contribution >= 0.6 is 0 Å². The van der Waals surface area contributed by atoms with Crippen LogP contribution in [0.3, 0.4) is 0 Å². The molecule has 0 saturated heterocycles. The Morgan fingerprint density at radius 1 is 1.07 bits per heavy atom. The van der Waals surface area contributed by atoms with E-state index < -0.39 is 0 Å². The molecule has 4 nitrogen and oxygen atoms in total. The van der Waals surface area contributed by atoms with E-state index in [2.05, 4.69) is 21.7 Å². The number of hydrogen-bond acceptors (Lipinski definition) is 3. The minimum absolute atomic E-state index is 0.233.